The molecular weight excluding hydrogens is 142 g/mol. The van der Waals surface area contributed by atoms with Crippen LogP contribution in [-0.4, -0.2) is 14.7 Å². The summed E-state index contributed by atoms with van der Waals surface area (Å²) >= 11 is 0. The van der Waals surface area contributed by atoms with Crippen molar-refractivity contribution in [3.05, 3.63) is 24.4 Å². The topological polar surface area (TPSA) is 63.5 Å². The molecule has 0 aliphatic carbocycles. The second kappa shape index (κ2) is 1.88. The molecule has 0 amide bonds. The number of hydrogen-bond acceptors (Lipinski definition) is 3. The van der Waals surface area contributed by atoms with Gasteiger partial charge in [0.2, 0.25) is 0 Å². The molecule has 0 unspecified atom stereocenters. The Balaban J connectivity index is 2.82. The second-order valence-electron chi connectivity index (χ2n) is 2.32. The molecule has 2 heterocycles. The maximum atomic E-state index is 9.06. The Hall–Kier alpha value is -1.71. The van der Waals surface area contributed by atoms with Gasteiger partial charge in [-0.2, -0.15) is 5.10 Å². The van der Waals surface area contributed by atoms with E-state index in [1.165, 1.54) is 0 Å². The van der Waals surface area contributed by atoms with Crippen molar-refractivity contribution >= 4 is 11.3 Å². The smallest absolute Gasteiger partial charge is 0.146 e. The predicted octanol–water partition coefficient (Wildman–Crippen LogP) is 0.622. The molecule has 0 fully saturated rings. The van der Waals surface area contributed by atoms with E-state index in [0.717, 1.165) is 5.52 Å². The number of nitrogens with two attached hydrogens (primary N) is 1. The highest BCUT2D eigenvalue weighted by Crippen LogP contribution is 2.13. The SMILES string of the molecule is Nc1cc2cc(O)ccn2n1. The van der Waals surface area contributed by atoms with Crippen LogP contribution in [0.15, 0.2) is 24.4 Å². The van der Waals surface area contributed by atoms with Gasteiger partial charge in [-0.3, -0.25) is 0 Å². The van der Waals surface area contributed by atoms with Crippen LogP contribution in [-0.2, 0) is 0 Å². The molecule has 0 aliphatic rings. The van der Waals surface area contributed by atoms with Crippen LogP contribution in [0.2, 0.25) is 0 Å². The Morgan fingerprint density at radius 3 is 3.09 bits per heavy atom. The molecule has 2 rings (SSSR count). The van der Waals surface area contributed by atoms with E-state index >= 15 is 0 Å². The van der Waals surface area contributed by atoms with Crippen molar-refractivity contribution in [2.24, 2.45) is 0 Å². The fourth-order valence-electron chi connectivity index (χ4n) is 1.00. The molecule has 0 spiro atoms. The van der Waals surface area contributed by atoms with Crippen LogP contribution in [0, 0.1) is 0 Å². The first-order valence-electron chi connectivity index (χ1n) is 3.19. The Kier molecular flexibility index (Phi) is 1.03. The third-order valence-corrected chi connectivity index (χ3v) is 1.47. The quantitative estimate of drug-likeness (QED) is 0.577. The molecule has 2 aromatic rings. The third-order valence-electron chi connectivity index (χ3n) is 1.47. The molecule has 0 aromatic carbocycles. The van der Waals surface area contributed by atoms with Crippen molar-refractivity contribution in [1.82, 2.24) is 9.61 Å². The molecule has 56 valence electrons. The lowest BCUT2D eigenvalue weighted by atomic mass is 10.4. The Morgan fingerprint density at radius 2 is 2.27 bits per heavy atom. The minimum Gasteiger partial charge on any atom is -0.508 e. The van der Waals surface area contributed by atoms with Crippen LogP contribution in [0.5, 0.6) is 5.75 Å². The fraction of sp³-hybridized carbons (Fsp3) is 0. The zero-order valence-corrected chi connectivity index (χ0v) is 5.73. The van der Waals surface area contributed by atoms with E-state index < -0.39 is 0 Å². The monoisotopic (exact) mass is 149 g/mol. The van der Waals surface area contributed by atoms with Crippen LogP contribution in [0.4, 0.5) is 5.82 Å². The molecule has 0 atom stereocenters. The molecule has 0 saturated heterocycles. The number of rotatable bonds is 0. The molecule has 3 N–H and O–H groups in total. The van der Waals surface area contributed by atoms with Gasteiger partial charge >= 0.3 is 0 Å². The summed E-state index contributed by atoms with van der Waals surface area (Å²) in [6.45, 7) is 0. The maximum Gasteiger partial charge on any atom is 0.146 e. The summed E-state index contributed by atoms with van der Waals surface area (Å²) in [7, 11) is 0. The van der Waals surface area contributed by atoms with Crippen LogP contribution in [0.3, 0.4) is 0 Å². The number of nitrogen functional groups attached to an aromatic ring is 1. The molecular formula is C7H7N3O. The van der Waals surface area contributed by atoms with E-state index in [1.807, 2.05) is 0 Å². The van der Waals surface area contributed by atoms with Gasteiger partial charge in [-0.15, -0.1) is 0 Å². The molecule has 4 heteroatoms. The first-order chi connectivity index (χ1) is 5.25. The zero-order valence-electron chi connectivity index (χ0n) is 5.73. The second-order valence-corrected chi connectivity index (χ2v) is 2.32. The Labute approximate surface area is 62.9 Å². The van der Waals surface area contributed by atoms with Gasteiger partial charge in [0.25, 0.3) is 0 Å². The van der Waals surface area contributed by atoms with E-state index in [9.17, 15) is 0 Å². The highest BCUT2D eigenvalue weighted by atomic mass is 16.3. The van der Waals surface area contributed by atoms with Crippen LogP contribution in [0.25, 0.3) is 5.52 Å². The van der Waals surface area contributed by atoms with Gasteiger partial charge in [-0.25, -0.2) is 4.52 Å². The van der Waals surface area contributed by atoms with Gasteiger partial charge in [0.1, 0.15) is 11.6 Å². The van der Waals surface area contributed by atoms with Crippen molar-refractivity contribution in [3.63, 3.8) is 0 Å². The third kappa shape index (κ3) is 0.881. The molecule has 0 radical (unpaired) electrons. The van der Waals surface area contributed by atoms with Crippen LogP contribution in [0.1, 0.15) is 0 Å². The molecule has 4 nitrogen and oxygen atoms in total. The van der Waals surface area contributed by atoms with Crippen molar-refractivity contribution < 1.29 is 5.11 Å². The number of aromatic hydroxyl groups is 1. The summed E-state index contributed by atoms with van der Waals surface area (Å²) in [5.74, 6) is 0.674. The first-order valence-corrected chi connectivity index (χ1v) is 3.19. The summed E-state index contributed by atoms with van der Waals surface area (Å²) in [6, 6.07) is 4.85. The average Bonchev–Trinajstić information content (AvgIpc) is 2.27. The number of fused-ring (bicyclic) bond motifs is 1. The van der Waals surface area contributed by atoms with E-state index in [0.29, 0.717) is 5.82 Å². The van der Waals surface area contributed by atoms with Gasteiger partial charge in [0.15, 0.2) is 0 Å². The van der Waals surface area contributed by atoms with Gasteiger partial charge < -0.3 is 10.8 Å². The van der Waals surface area contributed by atoms with Gasteiger partial charge in [-0.1, -0.05) is 0 Å². The number of pyridine rings is 1. The van der Waals surface area contributed by atoms with Crippen LogP contribution < -0.4 is 5.73 Å². The predicted molar refractivity (Wildman–Crippen MR) is 41.3 cm³/mol. The largest absolute Gasteiger partial charge is 0.508 e. The zero-order chi connectivity index (χ0) is 7.84. The summed E-state index contributed by atoms with van der Waals surface area (Å²) in [4.78, 5) is 0. The molecule has 0 aliphatic heterocycles. The maximum absolute atomic E-state index is 9.06. The number of anilines is 1. The van der Waals surface area contributed by atoms with E-state index in [-0.39, 0.29) is 5.75 Å². The standard InChI is InChI=1S/C7H7N3O/c8-7-4-5-3-6(11)1-2-10(5)9-7/h1-4,11H,(H2,8,9). The normalized spacial score (nSPS) is 10.5. The van der Waals surface area contributed by atoms with Crippen LogP contribution >= 0.6 is 0 Å². The molecule has 2 aromatic heterocycles. The van der Waals surface area contributed by atoms with E-state index in [2.05, 4.69) is 5.10 Å². The van der Waals surface area contributed by atoms with E-state index in [4.69, 9.17) is 10.8 Å². The highest BCUT2D eigenvalue weighted by Gasteiger charge is 1.96. The van der Waals surface area contributed by atoms with E-state index in [1.54, 1.807) is 28.9 Å². The minimum absolute atomic E-state index is 0.220. The molecule has 11 heavy (non-hydrogen) atoms. The lowest BCUT2D eigenvalue weighted by Crippen LogP contribution is -1.87. The first kappa shape index (κ1) is 6.03. The molecule has 0 saturated carbocycles. The van der Waals surface area contributed by atoms with Gasteiger partial charge in [0, 0.05) is 18.3 Å². The summed E-state index contributed by atoms with van der Waals surface area (Å²) < 4.78 is 1.61. The Bertz CT molecular complexity index is 393. The lowest BCUT2D eigenvalue weighted by Gasteiger charge is -1.91. The van der Waals surface area contributed by atoms with Gasteiger partial charge in [0.05, 0.1) is 5.52 Å². The average molecular weight is 149 g/mol. The number of aromatic nitrogens is 2. The Morgan fingerprint density at radius 1 is 1.45 bits per heavy atom. The van der Waals surface area contributed by atoms with Crippen molar-refractivity contribution in [3.8, 4) is 5.75 Å². The lowest BCUT2D eigenvalue weighted by molar-refractivity contribution is 0.475. The number of hydrogen-bond donors (Lipinski definition) is 2. The number of nitrogens with zero attached hydrogens (tertiary/aromatic N) is 2. The molecule has 0 bridgehead atoms. The van der Waals surface area contributed by atoms with Crippen molar-refractivity contribution in [2.45, 2.75) is 0 Å². The van der Waals surface area contributed by atoms with Crippen molar-refractivity contribution in [2.75, 3.05) is 5.73 Å². The fourth-order valence-corrected chi connectivity index (χ4v) is 1.00. The highest BCUT2D eigenvalue weighted by molar-refractivity contribution is 5.56. The summed E-state index contributed by atoms with van der Waals surface area (Å²) in [6.07, 6.45) is 1.65. The minimum atomic E-state index is 0.220. The summed E-state index contributed by atoms with van der Waals surface area (Å²) in [5, 5.41) is 13.0. The summed E-state index contributed by atoms with van der Waals surface area (Å²) in [5.41, 5.74) is 6.22. The van der Waals surface area contributed by atoms with Crippen molar-refractivity contribution in [1.29, 1.82) is 0 Å². The van der Waals surface area contributed by atoms with Gasteiger partial charge in [-0.05, 0) is 6.07 Å².